The maximum absolute atomic E-state index is 5.38. The molecular formula is C59H36N4S. The van der Waals surface area contributed by atoms with Crippen LogP contribution in [0.25, 0.3) is 126 Å². The number of aromatic nitrogens is 4. The first-order valence-corrected chi connectivity index (χ1v) is 22.4. The van der Waals surface area contributed by atoms with Gasteiger partial charge in [0.15, 0.2) is 17.5 Å². The molecule has 13 rings (SSSR count). The van der Waals surface area contributed by atoms with Gasteiger partial charge in [-0.15, -0.1) is 11.3 Å². The summed E-state index contributed by atoms with van der Waals surface area (Å²) in [5.41, 5.74) is 10.6. The van der Waals surface area contributed by atoms with Crippen molar-refractivity contribution in [3.05, 3.63) is 218 Å². The average molecular weight is 833 g/mol. The standard InChI is InChI=1S/C59H36N4S/c1-3-14-37(15-4-1)44-30-32-49(52(36-44)63-51-33-31-38-16-9-10-21-45(38)55(51)50-34-42-19-7-8-20-43(42)35-53(50)63)59-61-57(40-17-5-2-6-18-40)60-58(62-59)41-28-26-39(27-29-41)46-23-13-24-48-47-22-11-12-25-54(47)64-56(46)48/h1-36H. The second-order valence-corrected chi connectivity index (χ2v) is 17.4. The summed E-state index contributed by atoms with van der Waals surface area (Å²) in [6.45, 7) is 0. The van der Waals surface area contributed by atoms with E-state index in [4.69, 9.17) is 15.0 Å². The van der Waals surface area contributed by atoms with Gasteiger partial charge >= 0.3 is 0 Å². The van der Waals surface area contributed by atoms with Crippen LogP contribution in [0.15, 0.2) is 218 Å². The zero-order chi connectivity index (χ0) is 42.1. The molecular weight excluding hydrogens is 797 g/mol. The Hall–Kier alpha value is -8.25. The number of fused-ring (bicyclic) bond motifs is 9. The molecule has 0 unspecified atom stereocenters. The van der Waals surface area contributed by atoms with Crippen molar-refractivity contribution in [2.24, 2.45) is 0 Å². The Morgan fingerprint density at radius 3 is 1.70 bits per heavy atom. The Bertz CT molecular complexity index is 3940. The highest BCUT2D eigenvalue weighted by Crippen LogP contribution is 2.43. The Kier molecular flexibility index (Phi) is 8.36. The molecule has 0 fully saturated rings. The highest BCUT2D eigenvalue weighted by molar-refractivity contribution is 7.26. The summed E-state index contributed by atoms with van der Waals surface area (Å²) in [6.07, 6.45) is 0. The van der Waals surface area contributed by atoms with Crippen molar-refractivity contribution in [2.45, 2.75) is 0 Å². The summed E-state index contributed by atoms with van der Waals surface area (Å²) in [5.74, 6) is 1.85. The number of hydrogen-bond acceptors (Lipinski definition) is 4. The van der Waals surface area contributed by atoms with Crippen LogP contribution in [0.4, 0.5) is 0 Å². The van der Waals surface area contributed by atoms with Crippen LogP contribution in [0.5, 0.6) is 0 Å². The highest BCUT2D eigenvalue weighted by Gasteiger charge is 2.22. The number of nitrogens with zero attached hydrogens (tertiary/aromatic N) is 4. The van der Waals surface area contributed by atoms with Gasteiger partial charge in [-0.25, -0.2) is 15.0 Å². The van der Waals surface area contributed by atoms with Crippen molar-refractivity contribution in [3.63, 3.8) is 0 Å². The molecule has 0 bridgehead atoms. The van der Waals surface area contributed by atoms with Crippen LogP contribution < -0.4 is 0 Å². The van der Waals surface area contributed by atoms with Gasteiger partial charge in [0.2, 0.25) is 0 Å². The van der Waals surface area contributed by atoms with Crippen LogP contribution in [0.1, 0.15) is 0 Å². The maximum Gasteiger partial charge on any atom is 0.166 e. The van der Waals surface area contributed by atoms with E-state index in [2.05, 4.69) is 205 Å². The monoisotopic (exact) mass is 832 g/mol. The van der Waals surface area contributed by atoms with Gasteiger partial charge < -0.3 is 4.57 Å². The molecule has 3 heterocycles. The predicted molar refractivity (Wildman–Crippen MR) is 269 cm³/mol. The predicted octanol–water partition coefficient (Wildman–Crippen LogP) is 16.0. The highest BCUT2D eigenvalue weighted by atomic mass is 32.1. The molecule has 0 saturated heterocycles. The molecule has 10 aromatic carbocycles. The van der Waals surface area contributed by atoms with E-state index in [1.54, 1.807) is 0 Å². The largest absolute Gasteiger partial charge is 0.308 e. The normalized spacial score (nSPS) is 11.8. The molecule has 298 valence electrons. The minimum atomic E-state index is 0.606. The zero-order valence-corrected chi connectivity index (χ0v) is 35.3. The lowest BCUT2D eigenvalue weighted by molar-refractivity contribution is 1.06. The summed E-state index contributed by atoms with van der Waals surface area (Å²) in [5, 5.41) is 9.84. The summed E-state index contributed by atoms with van der Waals surface area (Å²) < 4.78 is 5.02. The Morgan fingerprint density at radius 1 is 0.328 bits per heavy atom. The van der Waals surface area contributed by atoms with Gasteiger partial charge in [-0.2, -0.15) is 0 Å². The topological polar surface area (TPSA) is 43.6 Å². The molecule has 0 amide bonds. The van der Waals surface area contributed by atoms with E-state index in [1.165, 1.54) is 58.1 Å². The maximum atomic E-state index is 5.38. The Balaban J connectivity index is 1.05. The molecule has 64 heavy (non-hydrogen) atoms. The number of thiophene rings is 1. The van der Waals surface area contributed by atoms with Crippen molar-refractivity contribution in [1.82, 2.24) is 19.5 Å². The molecule has 0 spiro atoms. The smallest absolute Gasteiger partial charge is 0.166 e. The molecule has 3 aromatic heterocycles. The van der Waals surface area contributed by atoms with Crippen LogP contribution in [0.3, 0.4) is 0 Å². The van der Waals surface area contributed by atoms with Gasteiger partial charge in [0, 0.05) is 47.6 Å². The number of hydrogen-bond donors (Lipinski definition) is 0. The first-order valence-electron chi connectivity index (χ1n) is 21.6. The molecule has 0 radical (unpaired) electrons. The Labute approximate surface area is 373 Å². The van der Waals surface area contributed by atoms with E-state index in [9.17, 15) is 0 Å². The molecule has 5 heteroatoms. The van der Waals surface area contributed by atoms with Crippen molar-refractivity contribution in [2.75, 3.05) is 0 Å². The SMILES string of the molecule is c1ccc(-c2ccc(-c3nc(-c4ccccc4)nc(-c4ccc(-c5cccc6c5sc5ccccc56)cc4)n3)c(-n3c4cc5ccccc5cc4c4c5ccccc5ccc43)c2)cc1. The van der Waals surface area contributed by atoms with Gasteiger partial charge in [-0.05, 0) is 80.2 Å². The molecule has 13 aromatic rings. The molecule has 4 nitrogen and oxygen atoms in total. The fourth-order valence-electron chi connectivity index (χ4n) is 9.56. The van der Waals surface area contributed by atoms with Crippen molar-refractivity contribution >= 4 is 74.9 Å². The van der Waals surface area contributed by atoms with Gasteiger partial charge in [0.1, 0.15) is 0 Å². The third kappa shape index (κ3) is 5.93. The minimum Gasteiger partial charge on any atom is -0.308 e. The lowest BCUT2D eigenvalue weighted by Gasteiger charge is -2.17. The van der Waals surface area contributed by atoms with E-state index >= 15 is 0 Å². The van der Waals surface area contributed by atoms with E-state index in [-0.39, 0.29) is 0 Å². The van der Waals surface area contributed by atoms with E-state index in [1.807, 2.05) is 29.5 Å². The van der Waals surface area contributed by atoms with Crippen LogP contribution in [0.2, 0.25) is 0 Å². The van der Waals surface area contributed by atoms with Gasteiger partial charge in [0.05, 0.1) is 16.7 Å². The third-order valence-corrected chi connectivity index (χ3v) is 13.9. The van der Waals surface area contributed by atoms with E-state index in [0.717, 1.165) is 50.1 Å². The first kappa shape index (κ1) is 36.4. The van der Waals surface area contributed by atoms with E-state index < -0.39 is 0 Å². The van der Waals surface area contributed by atoms with Crippen LogP contribution in [0, 0.1) is 0 Å². The lowest BCUT2D eigenvalue weighted by Crippen LogP contribution is -2.04. The molecule has 0 saturated carbocycles. The Morgan fingerprint density at radius 2 is 0.922 bits per heavy atom. The second-order valence-electron chi connectivity index (χ2n) is 16.4. The number of rotatable bonds is 6. The second kappa shape index (κ2) is 14.7. The lowest BCUT2D eigenvalue weighted by atomic mass is 10.0. The zero-order valence-electron chi connectivity index (χ0n) is 34.5. The molecule has 0 aliphatic rings. The molecule has 0 atom stereocenters. The summed E-state index contributed by atoms with van der Waals surface area (Å²) in [6, 6.07) is 78.1. The quantitative estimate of drug-likeness (QED) is 0.168. The number of benzene rings is 10. The fraction of sp³-hybridized carbons (Fsp3) is 0. The van der Waals surface area contributed by atoms with Crippen molar-refractivity contribution in [1.29, 1.82) is 0 Å². The van der Waals surface area contributed by atoms with Crippen LogP contribution in [-0.4, -0.2) is 19.5 Å². The van der Waals surface area contributed by atoms with Crippen molar-refractivity contribution in [3.8, 4) is 62.1 Å². The minimum absolute atomic E-state index is 0.606. The van der Waals surface area contributed by atoms with Gasteiger partial charge in [0.25, 0.3) is 0 Å². The van der Waals surface area contributed by atoms with Crippen LogP contribution in [-0.2, 0) is 0 Å². The van der Waals surface area contributed by atoms with Gasteiger partial charge in [-0.3, -0.25) is 0 Å². The summed E-state index contributed by atoms with van der Waals surface area (Å²) in [4.78, 5) is 15.9. The molecule has 0 aliphatic heterocycles. The summed E-state index contributed by atoms with van der Waals surface area (Å²) >= 11 is 1.85. The molecule has 0 aliphatic carbocycles. The van der Waals surface area contributed by atoms with Crippen LogP contribution >= 0.6 is 11.3 Å². The molecule has 0 N–H and O–H groups in total. The fourth-order valence-corrected chi connectivity index (χ4v) is 10.8. The average Bonchev–Trinajstić information content (AvgIpc) is 3.91. The first-order chi connectivity index (χ1) is 31.7. The van der Waals surface area contributed by atoms with Gasteiger partial charge in [-0.1, -0.05) is 182 Å². The van der Waals surface area contributed by atoms with Crippen molar-refractivity contribution < 1.29 is 0 Å². The van der Waals surface area contributed by atoms with E-state index in [0.29, 0.717) is 17.5 Å². The summed E-state index contributed by atoms with van der Waals surface area (Å²) in [7, 11) is 0. The third-order valence-electron chi connectivity index (χ3n) is 12.6.